The van der Waals surface area contributed by atoms with Gasteiger partial charge in [0.2, 0.25) is 0 Å². The summed E-state index contributed by atoms with van der Waals surface area (Å²) in [6, 6.07) is 15.5. The number of carbonyl (C=O) groups excluding carboxylic acids is 1. The second-order valence-corrected chi connectivity index (χ2v) is 5.21. The maximum Gasteiger partial charge on any atom is 0.267 e. The van der Waals surface area contributed by atoms with Crippen LogP contribution >= 0.6 is 0 Å². The van der Waals surface area contributed by atoms with Gasteiger partial charge < -0.3 is 15.4 Å². The number of carbonyl (C=O) groups is 1. The fourth-order valence-electron chi connectivity index (χ4n) is 2.54. The highest BCUT2D eigenvalue weighted by Gasteiger charge is 2.31. The Bertz CT molecular complexity index is 655. The summed E-state index contributed by atoms with van der Waals surface area (Å²) < 4.78 is 5.63. The summed E-state index contributed by atoms with van der Waals surface area (Å²) in [6.07, 6.45) is 0.338. The molecule has 1 amide bonds. The number of ether oxygens (including phenoxy) is 1. The van der Waals surface area contributed by atoms with Crippen molar-refractivity contribution in [2.45, 2.75) is 19.4 Å². The zero-order chi connectivity index (χ0) is 14.8. The Kier molecular flexibility index (Phi) is 3.52. The fraction of sp³-hybridized carbons (Fsp3) is 0.235. The number of nitrogen functional groups attached to an aromatic ring is 1. The van der Waals surface area contributed by atoms with Gasteiger partial charge in [0.15, 0.2) is 6.10 Å². The van der Waals surface area contributed by atoms with E-state index in [0.717, 1.165) is 12.1 Å². The maximum absolute atomic E-state index is 12.4. The summed E-state index contributed by atoms with van der Waals surface area (Å²) in [6.45, 7) is 2.39. The first kappa shape index (κ1) is 13.5. The van der Waals surface area contributed by atoms with Crippen molar-refractivity contribution in [1.29, 1.82) is 0 Å². The number of benzene rings is 2. The molecule has 1 unspecified atom stereocenters. The van der Waals surface area contributed by atoms with Crippen molar-refractivity contribution in [1.82, 2.24) is 0 Å². The zero-order valence-corrected chi connectivity index (χ0v) is 12.0. The topological polar surface area (TPSA) is 55.6 Å². The molecule has 2 aromatic carbocycles. The van der Waals surface area contributed by atoms with E-state index in [9.17, 15) is 4.79 Å². The molecule has 1 heterocycles. The molecule has 0 saturated heterocycles. The molecule has 0 radical (unpaired) electrons. The van der Waals surface area contributed by atoms with E-state index in [0.29, 0.717) is 18.0 Å². The van der Waals surface area contributed by atoms with Gasteiger partial charge in [0.25, 0.3) is 5.91 Å². The van der Waals surface area contributed by atoms with E-state index >= 15 is 0 Å². The first-order valence-corrected chi connectivity index (χ1v) is 7.06. The summed E-state index contributed by atoms with van der Waals surface area (Å²) in [5, 5.41) is 0. The van der Waals surface area contributed by atoms with Crippen molar-refractivity contribution >= 4 is 17.3 Å². The van der Waals surface area contributed by atoms with Gasteiger partial charge in [0, 0.05) is 12.2 Å². The lowest BCUT2D eigenvalue weighted by Gasteiger charge is -2.33. The number of nitrogens with two attached hydrogens (primary N) is 1. The van der Waals surface area contributed by atoms with Crippen LogP contribution < -0.4 is 15.4 Å². The lowest BCUT2D eigenvalue weighted by Crippen LogP contribution is -2.45. The average molecular weight is 282 g/mol. The average Bonchev–Trinajstić information content (AvgIpc) is 2.49. The Labute approximate surface area is 124 Å². The van der Waals surface area contributed by atoms with Crippen LogP contribution in [0.3, 0.4) is 0 Å². The standard InChI is InChI=1S/C17H18N2O2/c1-12-17(20)19(10-9-13-5-3-2-4-6-13)15-11-14(18)7-8-16(15)21-12/h2-8,11-12H,9-10,18H2,1H3. The molecule has 108 valence electrons. The summed E-state index contributed by atoms with van der Waals surface area (Å²) in [5.41, 5.74) is 8.43. The molecule has 21 heavy (non-hydrogen) atoms. The lowest BCUT2D eigenvalue weighted by atomic mass is 10.1. The minimum absolute atomic E-state index is 0.0240. The third kappa shape index (κ3) is 2.70. The zero-order valence-electron chi connectivity index (χ0n) is 12.0. The third-order valence-corrected chi connectivity index (χ3v) is 3.66. The van der Waals surface area contributed by atoms with Crippen LogP contribution in [0.25, 0.3) is 0 Å². The minimum Gasteiger partial charge on any atom is -0.479 e. The molecule has 2 aromatic rings. The highest BCUT2D eigenvalue weighted by atomic mass is 16.5. The molecule has 0 saturated carbocycles. The SMILES string of the molecule is CC1Oc2ccc(N)cc2N(CCc2ccccc2)C1=O. The highest BCUT2D eigenvalue weighted by molar-refractivity contribution is 6.00. The van der Waals surface area contributed by atoms with E-state index in [1.807, 2.05) is 24.3 Å². The van der Waals surface area contributed by atoms with Crippen LogP contribution in [-0.4, -0.2) is 18.6 Å². The van der Waals surface area contributed by atoms with Crippen molar-refractivity contribution in [3.8, 4) is 5.75 Å². The van der Waals surface area contributed by atoms with Crippen LogP contribution in [0.5, 0.6) is 5.75 Å². The number of nitrogens with zero attached hydrogens (tertiary/aromatic N) is 1. The molecule has 1 atom stereocenters. The largest absolute Gasteiger partial charge is 0.479 e. The highest BCUT2D eigenvalue weighted by Crippen LogP contribution is 2.35. The minimum atomic E-state index is -0.461. The van der Waals surface area contributed by atoms with Crippen LogP contribution in [0.4, 0.5) is 11.4 Å². The number of amides is 1. The van der Waals surface area contributed by atoms with Crippen molar-refractivity contribution in [2.24, 2.45) is 0 Å². The van der Waals surface area contributed by atoms with Gasteiger partial charge in [-0.1, -0.05) is 30.3 Å². The van der Waals surface area contributed by atoms with Gasteiger partial charge in [0.1, 0.15) is 5.75 Å². The number of anilines is 2. The second kappa shape index (κ2) is 5.48. The van der Waals surface area contributed by atoms with Crippen molar-refractivity contribution in [3.05, 3.63) is 54.1 Å². The number of hydrogen-bond acceptors (Lipinski definition) is 3. The van der Waals surface area contributed by atoms with Crippen LogP contribution in [0.1, 0.15) is 12.5 Å². The molecule has 2 N–H and O–H groups in total. The van der Waals surface area contributed by atoms with Gasteiger partial charge in [-0.3, -0.25) is 4.79 Å². The van der Waals surface area contributed by atoms with Crippen molar-refractivity contribution < 1.29 is 9.53 Å². The van der Waals surface area contributed by atoms with Crippen LogP contribution in [0.15, 0.2) is 48.5 Å². The molecule has 0 fully saturated rings. The maximum atomic E-state index is 12.4. The van der Waals surface area contributed by atoms with Gasteiger partial charge in [-0.15, -0.1) is 0 Å². The molecule has 0 spiro atoms. The number of fused-ring (bicyclic) bond motifs is 1. The van der Waals surface area contributed by atoms with Crippen molar-refractivity contribution in [3.63, 3.8) is 0 Å². The smallest absolute Gasteiger partial charge is 0.267 e. The third-order valence-electron chi connectivity index (χ3n) is 3.66. The lowest BCUT2D eigenvalue weighted by molar-refractivity contribution is -0.125. The molecule has 1 aliphatic rings. The Morgan fingerprint density at radius 1 is 1.19 bits per heavy atom. The monoisotopic (exact) mass is 282 g/mol. The van der Waals surface area contributed by atoms with E-state index in [2.05, 4.69) is 12.1 Å². The molecular formula is C17H18N2O2. The number of hydrogen-bond donors (Lipinski definition) is 1. The van der Waals surface area contributed by atoms with Gasteiger partial charge in [-0.25, -0.2) is 0 Å². The molecule has 1 aliphatic heterocycles. The molecular weight excluding hydrogens is 264 g/mol. The Morgan fingerprint density at radius 3 is 2.71 bits per heavy atom. The van der Waals surface area contributed by atoms with Crippen molar-refractivity contribution in [2.75, 3.05) is 17.2 Å². The summed E-state index contributed by atoms with van der Waals surface area (Å²) >= 11 is 0. The normalized spacial score (nSPS) is 17.3. The van der Waals surface area contributed by atoms with E-state index in [1.165, 1.54) is 5.56 Å². The first-order valence-electron chi connectivity index (χ1n) is 7.06. The second-order valence-electron chi connectivity index (χ2n) is 5.21. The van der Waals surface area contributed by atoms with Gasteiger partial charge in [-0.05, 0) is 37.1 Å². The predicted molar refractivity (Wildman–Crippen MR) is 83.4 cm³/mol. The summed E-state index contributed by atoms with van der Waals surface area (Å²) in [7, 11) is 0. The van der Waals surface area contributed by atoms with E-state index in [-0.39, 0.29) is 5.91 Å². The Morgan fingerprint density at radius 2 is 1.95 bits per heavy atom. The van der Waals surface area contributed by atoms with Crippen LogP contribution in [0, 0.1) is 0 Å². The molecule has 0 aromatic heterocycles. The Hall–Kier alpha value is -2.49. The summed E-state index contributed by atoms with van der Waals surface area (Å²) in [4.78, 5) is 14.2. The van der Waals surface area contributed by atoms with Gasteiger partial charge >= 0.3 is 0 Å². The van der Waals surface area contributed by atoms with Gasteiger partial charge in [-0.2, -0.15) is 0 Å². The van der Waals surface area contributed by atoms with Crippen LogP contribution in [-0.2, 0) is 11.2 Å². The molecule has 4 nitrogen and oxygen atoms in total. The molecule has 0 aliphatic carbocycles. The van der Waals surface area contributed by atoms with E-state index < -0.39 is 6.10 Å². The molecule has 0 bridgehead atoms. The van der Waals surface area contributed by atoms with Crippen LogP contribution in [0.2, 0.25) is 0 Å². The fourth-order valence-corrected chi connectivity index (χ4v) is 2.54. The quantitative estimate of drug-likeness (QED) is 0.880. The van der Waals surface area contributed by atoms with Gasteiger partial charge in [0.05, 0.1) is 5.69 Å². The number of rotatable bonds is 3. The van der Waals surface area contributed by atoms with E-state index in [4.69, 9.17) is 10.5 Å². The van der Waals surface area contributed by atoms with E-state index in [1.54, 1.807) is 24.0 Å². The molecule has 3 rings (SSSR count). The first-order chi connectivity index (χ1) is 10.1. The Balaban J connectivity index is 1.86. The molecule has 4 heteroatoms. The predicted octanol–water partition coefficient (Wildman–Crippen LogP) is 2.63. The summed E-state index contributed by atoms with van der Waals surface area (Å²) in [5.74, 6) is 0.688.